The van der Waals surface area contributed by atoms with Gasteiger partial charge in [0.25, 0.3) is 0 Å². The third kappa shape index (κ3) is 3.28. The Hall–Kier alpha value is -1.53. The van der Waals surface area contributed by atoms with Gasteiger partial charge in [-0.15, -0.1) is 0 Å². The van der Waals surface area contributed by atoms with Gasteiger partial charge >= 0.3 is 5.97 Å². The molecular weight excluding hydrogens is 348 g/mol. The normalized spacial score (nSPS) is 11.4. The molecule has 22 heavy (non-hydrogen) atoms. The van der Waals surface area contributed by atoms with E-state index in [1.165, 1.54) is 0 Å². The van der Waals surface area contributed by atoms with Gasteiger partial charge in [0.1, 0.15) is 5.75 Å². The second-order valence-corrected chi connectivity index (χ2v) is 6.45. The fourth-order valence-electron chi connectivity index (χ4n) is 2.67. The van der Waals surface area contributed by atoms with Crippen LogP contribution in [0.4, 0.5) is 0 Å². The summed E-state index contributed by atoms with van der Waals surface area (Å²) in [5, 5.41) is 10.1. The third-order valence-electron chi connectivity index (χ3n) is 3.83. The molecule has 0 spiro atoms. The summed E-state index contributed by atoms with van der Waals surface area (Å²) in [6.07, 6.45) is 0.0160. The largest absolute Gasteiger partial charge is 0.496 e. The molecule has 0 bridgehead atoms. The van der Waals surface area contributed by atoms with Crippen molar-refractivity contribution in [2.24, 2.45) is 0 Å². The zero-order valence-electron chi connectivity index (χ0n) is 13.3. The van der Waals surface area contributed by atoms with Gasteiger partial charge in [0, 0.05) is 29.7 Å². The number of aromatic nitrogens is 1. The van der Waals surface area contributed by atoms with Gasteiger partial charge in [-0.05, 0) is 54.6 Å². The Morgan fingerprint density at radius 3 is 2.64 bits per heavy atom. The second kappa shape index (κ2) is 6.71. The maximum absolute atomic E-state index is 11.2. The van der Waals surface area contributed by atoms with E-state index in [1.807, 2.05) is 33.2 Å². The van der Waals surface area contributed by atoms with Crippen LogP contribution in [0.15, 0.2) is 16.6 Å². The monoisotopic (exact) mass is 368 g/mol. The Bertz CT molecular complexity index is 707. The Balaban J connectivity index is 2.64. The van der Waals surface area contributed by atoms with E-state index in [4.69, 9.17) is 4.74 Å². The molecule has 0 fully saturated rings. The summed E-state index contributed by atoms with van der Waals surface area (Å²) in [4.78, 5) is 13.3. The van der Waals surface area contributed by atoms with Gasteiger partial charge in [-0.3, -0.25) is 4.79 Å². The van der Waals surface area contributed by atoms with E-state index in [0.717, 1.165) is 39.7 Å². The molecule has 1 aromatic carbocycles. The molecule has 1 aromatic heterocycles. The molecule has 0 radical (unpaired) electrons. The lowest BCUT2D eigenvalue weighted by molar-refractivity contribution is -0.136. The van der Waals surface area contributed by atoms with E-state index in [1.54, 1.807) is 7.11 Å². The molecule has 0 aliphatic carbocycles. The molecule has 0 unspecified atom stereocenters. The van der Waals surface area contributed by atoms with Crippen molar-refractivity contribution in [3.8, 4) is 5.75 Å². The maximum Gasteiger partial charge on any atom is 0.307 e. The van der Waals surface area contributed by atoms with Crippen molar-refractivity contribution in [1.29, 1.82) is 0 Å². The Labute approximate surface area is 138 Å². The summed E-state index contributed by atoms with van der Waals surface area (Å²) in [7, 11) is 5.66. The fourth-order valence-corrected chi connectivity index (χ4v) is 3.16. The predicted octanol–water partition coefficient (Wildman–Crippen LogP) is 2.91. The van der Waals surface area contributed by atoms with Gasteiger partial charge in [0.15, 0.2) is 0 Å². The van der Waals surface area contributed by atoms with Crippen molar-refractivity contribution >= 4 is 32.8 Å². The third-order valence-corrected chi connectivity index (χ3v) is 4.45. The summed E-state index contributed by atoms with van der Waals surface area (Å²) in [5.41, 5.74) is 2.88. The Morgan fingerprint density at radius 2 is 2.09 bits per heavy atom. The molecule has 1 N–H and O–H groups in total. The first kappa shape index (κ1) is 16.8. The number of methoxy groups -OCH3 is 1. The predicted molar refractivity (Wildman–Crippen MR) is 90.8 cm³/mol. The number of halogens is 1. The lowest BCUT2D eigenvalue weighted by Gasteiger charge is -2.13. The number of fused-ring (bicyclic) bond motifs is 1. The quantitative estimate of drug-likeness (QED) is 0.851. The zero-order valence-corrected chi connectivity index (χ0v) is 14.9. The van der Waals surface area contributed by atoms with E-state index >= 15 is 0 Å². The number of nitrogens with zero attached hydrogens (tertiary/aromatic N) is 2. The lowest BCUT2D eigenvalue weighted by Crippen LogP contribution is -2.19. The second-order valence-electron chi connectivity index (χ2n) is 5.59. The highest BCUT2D eigenvalue weighted by molar-refractivity contribution is 9.10. The minimum Gasteiger partial charge on any atom is -0.496 e. The van der Waals surface area contributed by atoms with Crippen LogP contribution in [0.2, 0.25) is 0 Å². The number of aliphatic carboxylic acids is 1. The minimum atomic E-state index is -0.823. The highest BCUT2D eigenvalue weighted by atomic mass is 79.9. The summed E-state index contributed by atoms with van der Waals surface area (Å²) < 4.78 is 8.40. The molecule has 0 aliphatic rings. The van der Waals surface area contributed by atoms with E-state index in [-0.39, 0.29) is 6.42 Å². The standard InChI is InChI=1S/C16H21BrN2O3/c1-10-11(8-16(20)21)12-7-15(22-4)13(17)9-14(12)19(10)6-5-18(2)3/h7,9H,5-6,8H2,1-4H3,(H,20,21). The van der Waals surface area contributed by atoms with E-state index in [9.17, 15) is 9.90 Å². The number of carboxylic acid groups (broad SMARTS) is 1. The molecule has 0 amide bonds. The van der Waals surface area contributed by atoms with Gasteiger partial charge < -0.3 is 19.3 Å². The Morgan fingerprint density at radius 1 is 1.41 bits per heavy atom. The van der Waals surface area contributed by atoms with Gasteiger partial charge in [-0.25, -0.2) is 0 Å². The summed E-state index contributed by atoms with van der Waals surface area (Å²) in [6, 6.07) is 3.92. The van der Waals surface area contributed by atoms with Crippen LogP contribution in [0.1, 0.15) is 11.3 Å². The number of benzene rings is 1. The van der Waals surface area contributed by atoms with Crippen molar-refractivity contribution in [3.63, 3.8) is 0 Å². The molecule has 2 rings (SSSR count). The maximum atomic E-state index is 11.2. The molecule has 0 saturated carbocycles. The van der Waals surface area contributed by atoms with E-state index < -0.39 is 5.97 Å². The van der Waals surface area contributed by atoms with Crippen molar-refractivity contribution in [3.05, 3.63) is 27.9 Å². The van der Waals surface area contributed by atoms with Crippen LogP contribution in [0.25, 0.3) is 10.9 Å². The first-order chi connectivity index (χ1) is 10.3. The molecule has 0 aliphatic heterocycles. The SMILES string of the molecule is COc1cc2c(CC(=O)O)c(C)n(CCN(C)C)c2cc1Br. The smallest absolute Gasteiger partial charge is 0.307 e. The molecule has 5 nitrogen and oxygen atoms in total. The van der Waals surface area contributed by atoms with Gasteiger partial charge in [-0.2, -0.15) is 0 Å². The van der Waals surface area contributed by atoms with Crippen LogP contribution < -0.4 is 4.74 Å². The molecule has 6 heteroatoms. The average Bonchev–Trinajstić information content (AvgIpc) is 2.67. The molecule has 1 heterocycles. The van der Waals surface area contributed by atoms with Crippen molar-refractivity contribution in [1.82, 2.24) is 9.47 Å². The number of likely N-dealkylation sites (N-methyl/N-ethyl adjacent to an activating group) is 1. The van der Waals surface area contributed by atoms with E-state index in [2.05, 4.69) is 25.4 Å². The van der Waals surface area contributed by atoms with Crippen LogP contribution in [-0.2, 0) is 17.8 Å². The number of hydrogen-bond donors (Lipinski definition) is 1. The van der Waals surface area contributed by atoms with Crippen LogP contribution in [0, 0.1) is 6.92 Å². The first-order valence-corrected chi connectivity index (χ1v) is 7.86. The van der Waals surface area contributed by atoms with Crippen molar-refractivity contribution in [2.45, 2.75) is 19.9 Å². The molecule has 0 saturated heterocycles. The zero-order chi connectivity index (χ0) is 16.4. The summed E-state index contributed by atoms with van der Waals surface area (Å²) in [6.45, 7) is 3.68. The van der Waals surface area contributed by atoms with Crippen molar-refractivity contribution < 1.29 is 14.6 Å². The molecule has 0 atom stereocenters. The summed E-state index contributed by atoms with van der Waals surface area (Å²) >= 11 is 3.51. The van der Waals surface area contributed by atoms with Crippen LogP contribution in [0.3, 0.4) is 0 Å². The van der Waals surface area contributed by atoms with Crippen LogP contribution >= 0.6 is 15.9 Å². The summed E-state index contributed by atoms with van der Waals surface area (Å²) in [5.74, 6) is -0.111. The minimum absolute atomic E-state index is 0.0160. The fraction of sp³-hybridized carbons (Fsp3) is 0.438. The molecule has 2 aromatic rings. The number of rotatable bonds is 6. The van der Waals surface area contributed by atoms with Gasteiger partial charge in [0.2, 0.25) is 0 Å². The van der Waals surface area contributed by atoms with Crippen LogP contribution in [-0.4, -0.2) is 48.3 Å². The molecule has 120 valence electrons. The lowest BCUT2D eigenvalue weighted by atomic mass is 10.1. The number of ether oxygens (including phenoxy) is 1. The average molecular weight is 369 g/mol. The van der Waals surface area contributed by atoms with E-state index in [0.29, 0.717) is 5.75 Å². The van der Waals surface area contributed by atoms with Gasteiger partial charge in [0.05, 0.1) is 18.0 Å². The number of hydrogen-bond acceptors (Lipinski definition) is 3. The topological polar surface area (TPSA) is 54.7 Å². The highest BCUT2D eigenvalue weighted by Crippen LogP contribution is 2.35. The number of carbonyl (C=O) groups is 1. The van der Waals surface area contributed by atoms with Gasteiger partial charge in [-0.1, -0.05) is 0 Å². The van der Waals surface area contributed by atoms with Crippen molar-refractivity contribution in [2.75, 3.05) is 27.7 Å². The molecular formula is C16H21BrN2O3. The Kier molecular flexibility index (Phi) is 5.13. The number of carboxylic acids is 1. The van der Waals surface area contributed by atoms with Crippen LogP contribution in [0.5, 0.6) is 5.75 Å². The first-order valence-electron chi connectivity index (χ1n) is 7.06. The highest BCUT2D eigenvalue weighted by Gasteiger charge is 2.18.